The molecule has 3 rings (SSSR count). The first-order chi connectivity index (χ1) is 12.1. The third-order valence-corrected chi connectivity index (χ3v) is 4.64. The Morgan fingerprint density at radius 2 is 2.04 bits per heavy atom. The summed E-state index contributed by atoms with van der Waals surface area (Å²) in [6.45, 7) is 0. The molecule has 0 aliphatic heterocycles. The molecule has 5 nitrogen and oxygen atoms in total. The van der Waals surface area contributed by atoms with Gasteiger partial charge < -0.3 is 15.2 Å². The number of nitrogens with one attached hydrogen (secondary N) is 1. The van der Waals surface area contributed by atoms with Gasteiger partial charge in [-0.05, 0) is 48.4 Å². The maximum Gasteiger partial charge on any atom is 0.339 e. The minimum atomic E-state index is -1.06. The minimum absolute atomic E-state index is 0.0710. The number of carbonyl (C=O) groups excluding carboxylic acids is 1. The summed E-state index contributed by atoms with van der Waals surface area (Å²) in [6, 6.07) is 12.9. The Kier molecular flexibility index (Phi) is 5.03. The van der Waals surface area contributed by atoms with E-state index < -0.39 is 5.97 Å². The van der Waals surface area contributed by atoms with Gasteiger partial charge in [-0.1, -0.05) is 24.3 Å². The van der Waals surface area contributed by atoms with E-state index in [1.807, 2.05) is 12.1 Å². The number of hydrogen-bond acceptors (Lipinski definition) is 3. The van der Waals surface area contributed by atoms with Crippen molar-refractivity contribution in [1.82, 2.24) is 0 Å². The summed E-state index contributed by atoms with van der Waals surface area (Å²) in [6.07, 6.45) is 3.59. The SMILES string of the molecule is COc1cc(NC(=O)CC2CCCc3ccccc32)ccc1C(=O)O. The molecule has 1 aliphatic rings. The van der Waals surface area contributed by atoms with E-state index >= 15 is 0 Å². The van der Waals surface area contributed by atoms with Crippen LogP contribution in [-0.4, -0.2) is 24.1 Å². The van der Waals surface area contributed by atoms with E-state index in [1.165, 1.54) is 30.4 Å². The van der Waals surface area contributed by atoms with Crippen LogP contribution in [0.3, 0.4) is 0 Å². The van der Waals surface area contributed by atoms with Gasteiger partial charge in [0, 0.05) is 18.2 Å². The first kappa shape index (κ1) is 17.0. The average Bonchev–Trinajstić information content (AvgIpc) is 2.61. The Hall–Kier alpha value is -2.82. The van der Waals surface area contributed by atoms with Crippen LogP contribution in [0, 0.1) is 0 Å². The second-order valence-corrected chi connectivity index (χ2v) is 6.26. The molecule has 2 aromatic rings. The third kappa shape index (κ3) is 3.82. The fraction of sp³-hybridized carbons (Fsp3) is 0.300. The molecule has 0 radical (unpaired) electrons. The number of aryl methyl sites for hydroxylation is 1. The zero-order valence-electron chi connectivity index (χ0n) is 14.1. The van der Waals surface area contributed by atoms with Crippen LogP contribution >= 0.6 is 0 Å². The van der Waals surface area contributed by atoms with Crippen LogP contribution in [0.5, 0.6) is 5.75 Å². The number of anilines is 1. The summed E-state index contributed by atoms with van der Waals surface area (Å²) in [5, 5.41) is 12.0. The predicted molar refractivity (Wildman–Crippen MR) is 95.3 cm³/mol. The molecular formula is C20H21NO4. The lowest BCUT2D eigenvalue weighted by atomic mass is 9.81. The molecule has 0 bridgehead atoms. The zero-order valence-corrected chi connectivity index (χ0v) is 14.1. The van der Waals surface area contributed by atoms with Gasteiger partial charge in [0.05, 0.1) is 7.11 Å². The molecule has 1 atom stereocenters. The van der Waals surface area contributed by atoms with Gasteiger partial charge in [-0.3, -0.25) is 4.79 Å². The Morgan fingerprint density at radius 1 is 1.24 bits per heavy atom. The molecule has 2 N–H and O–H groups in total. The summed E-state index contributed by atoms with van der Waals surface area (Å²) in [7, 11) is 1.41. The largest absolute Gasteiger partial charge is 0.496 e. The number of ether oxygens (including phenoxy) is 1. The summed E-state index contributed by atoms with van der Waals surface area (Å²) in [4.78, 5) is 23.6. The number of carbonyl (C=O) groups is 2. The van der Waals surface area contributed by atoms with E-state index in [2.05, 4.69) is 17.4 Å². The van der Waals surface area contributed by atoms with E-state index in [9.17, 15) is 9.59 Å². The smallest absolute Gasteiger partial charge is 0.339 e. The molecule has 1 unspecified atom stereocenters. The van der Waals surface area contributed by atoms with Gasteiger partial charge in [0.2, 0.25) is 5.91 Å². The number of benzene rings is 2. The van der Waals surface area contributed by atoms with Crippen LogP contribution < -0.4 is 10.1 Å². The first-order valence-electron chi connectivity index (χ1n) is 8.37. The number of aromatic carboxylic acids is 1. The zero-order chi connectivity index (χ0) is 17.8. The van der Waals surface area contributed by atoms with E-state index in [1.54, 1.807) is 6.07 Å². The second kappa shape index (κ2) is 7.38. The lowest BCUT2D eigenvalue weighted by molar-refractivity contribution is -0.116. The van der Waals surface area contributed by atoms with E-state index in [0.717, 1.165) is 19.3 Å². The fourth-order valence-electron chi connectivity index (χ4n) is 3.45. The van der Waals surface area contributed by atoms with Gasteiger partial charge in [0.1, 0.15) is 11.3 Å². The minimum Gasteiger partial charge on any atom is -0.496 e. The van der Waals surface area contributed by atoms with Crippen molar-refractivity contribution in [3.05, 3.63) is 59.2 Å². The molecule has 130 valence electrons. The number of carboxylic acid groups (broad SMARTS) is 1. The van der Waals surface area contributed by atoms with Gasteiger partial charge in [0.25, 0.3) is 0 Å². The van der Waals surface area contributed by atoms with Crippen LogP contribution in [0.1, 0.15) is 46.7 Å². The molecular weight excluding hydrogens is 318 g/mol. The second-order valence-electron chi connectivity index (χ2n) is 6.26. The molecule has 0 fully saturated rings. The lowest BCUT2D eigenvalue weighted by Crippen LogP contribution is -2.19. The normalized spacial score (nSPS) is 16.0. The molecule has 2 aromatic carbocycles. The standard InChI is InChI=1S/C20H21NO4/c1-25-18-12-15(9-10-17(18)20(23)24)21-19(22)11-14-7-4-6-13-5-2-3-8-16(13)14/h2-3,5,8-10,12,14H,4,6-7,11H2,1H3,(H,21,22)(H,23,24). The van der Waals surface area contributed by atoms with Crippen molar-refractivity contribution in [1.29, 1.82) is 0 Å². The van der Waals surface area contributed by atoms with Crippen molar-refractivity contribution < 1.29 is 19.4 Å². The fourth-order valence-corrected chi connectivity index (χ4v) is 3.45. The number of hydrogen-bond donors (Lipinski definition) is 2. The van der Waals surface area contributed by atoms with Gasteiger partial charge in [-0.2, -0.15) is 0 Å². The maximum absolute atomic E-state index is 12.4. The molecule has 0 saturated carbocycles. The number of amides is 1. The summed E-state index contributed by atoms with van der Waals surface area (Å²) >= 11 is 0. The summed E-state index contributed by atoms with van der Waals surface area (Å²) < 4.78 is 5.09. The number of carboxylic acids is 1. The monoisotopic (exact) mass is 339 g/mol. The molecule has 0 aromatic heterocycles. The van der Waals surface area contributed by atoms with Gasteiger partial charge >= 0.3 is 5.97 Å². The molecule has 0 spiro atoms. The highest BCUT2D eigenvalue weighted by molar-refractivity contribution is 5.94. The number of rotatable bonds is 5. The number of methoxy groups -OCH3 is 1. The van der Waals surface area contributed by atoms with E-state index in [4.69, 9.17) is 9.84 Å². The van der Waals surface area contributed by atoms with Crippen molar-refractivity contribution in [3.63, 3.8) is 0 Å². The molecule has 0 heterocycles. The summed E-state index contributed by atoms with van der Waals surface area (Å²) in [5.74, 6) is -0.682. The van der Waals surface area contributed by atoms with Gasteiger partial charge in [-0.15, -0.1) is 0 Å². The molecule has 5 heteroatoms. The van der Waals surface area contributed by atoms with E-state index in [0.29, 0.717) is 12.1 Å². The third-order valence-electron chi connectivity index (χ3n) is 4.64. The lowest BCUT2D eigenvalue weighted by Gasteiger charge is -2.25. The molecule has 0 saturated heterocycles. The Morgan fingerprint density at radius 3 is 2.80 bits per heavy atom. The highest BCUT2D eigenvalue weighted by Crippen LogP contribution is 2.34. The van der Waals surface area contributed by atoms with Gasteiger partial charge in [-0.25, -0.2) is 4.79 Å². The van der Waals surface area contributed by atoms with Crippen molar-refractivity contribution >= 4 is 17.6 Å². The first-order valence-corrected chi connectivity index (χ1v) is 8.37. The van der Waals surface area contributed by atoms with Gasteiger partial charge in [0.15, 0.2) is 0 Å². The Labute approximate surface area is 146 Å². The van der Waals surface area contributed by atoms with Crippen LogP contribution in [0.25, 0.3) is 0 Å². The Bertz CT molecular complexity index is 800. The molecule has 1 amide bonds. The highest BCUT2D eigenvalue weighted by Gasteiger charge is 2.22. The topological polar surface area (TPSA) is 75.6 Å². The highest BCUT2D eigenvalue weighted by atomic mass is 16.5. The predicted octanol–water partition coefficient (Wildman–Crippen LogP) is 3.84. The molecule has 1 aliphatic carbocycles. The number of fused-ring (bicyclic) bond motifs is 1. The van der Waals surface area contributed by atoms with Crippen molar-refractivity contribution in [2.45, 2.75) is 31.6 Å². The summed E-state index contributed by atoms with van der Waals surface area (Å²) in [5.41, 5.74) is 3.21. The van der Waals surface area contributed by atoms with Crippen LogP contribution in [0.2, 0.25) is 0 Å². The molecule has 25 heavy (non-hydrogen) atoms. The Balaban J connectivity index is 1.70. The van der Waals surface area contributed by atoms with Crippen LogP contribution in [0.4, 0.5) is 5.69 Å². The van der Waals surface area contributed by atoms with Crippen molar-refractivity contribution in [3.8, 4) is 5.75 Å². The average molecular weight is 339 g/mol. The van der Waals surface area contributed by atoms with Crippen LogP contribution in [0.15, 0.2) is 42.5 Å². The quantitative estimate of drug-likeness (QED) is 0.868. The van der Waals surface area contributed by atoms with Crippen LogP contribution in [-0.2, 0) is 11.2 Å². The van der Waals surface area contributed by atoms with Crippen molar-refractivity contribution in [2.75, 3.05) is 12.4 Å². The van der Waals surface area contributed by atoms with Crippen molar-refractivity contribution in [2.24, 2.45) is 0 Å². The van der Waals surface area contributed by atoms with E-state index in [-0.39, 0.29) is 23.1 Å². The maximum atomic E-state index is 12.4.